The topological polar surface area (TPSA) is 108 Å². The van der Waals surface area contributed by atoms with Gasteiger partial charge in [-0.15, -0.1) is 0 Å². The minimum Gasteiger partial charge on any atom is -0.394 e. The molecule has 9 nitrogen and oxygen atoms in total. The summed E-state index contributed by atoms with van der Waals surface area (Å²) in [5.41, 5.74) is 4.51. The Morgan fingerprint density at radius 2 is 1.71 bits per heavy atom. The number of aliphatic hydroxyl groups excluding tert-OH is 1. The number of hydrogen-bond acceptors (Lipinski definition) is 5. The van der Waals surface area contributed by atoms with Crippen molar-refractivity contribution < 1.29 is 19.5 Å². The number of aliphatic hydroxyl groups is 1. The number of anilines is 1. The molecule has 0 spiro atoms. The van der Waals surface area contributed by atoms with Crippen molar-refractivity contribution in [3.05, 3.63) is 76.6 Å². The normalized spacial score (nSPS) is 14.5. The summed E-state index contributed by atoms with van der Waals surface area (Å²) < 4.78 is 1.63. The van der Waals surface area contributed by atoms with Crippen LogP contribution in [0.15, 0.2) is 48.5 Å². The van der Waals surface area contributed by atoms with Gasteiger partial charge in [-0.2, -0.15) is 5.10 Å². The summed E-state index contributed by atoms with van der Waals surface area (Å²) in [6.07, 6.45) is 4.37. The lowest BCUT2D eigenvalue weighted by atomic mass is 9.93. The molecular weight excluding hydrogens is 518 g/mol. The Morgan fingerprint density at radius 3 is 2.34 bits per heavy atom. The van der Waals surface area contributed by atoms with Gasteiger partial charge in [-0.05, 0) is 61.6 Å². The Hall–Kier alpha value is -3.98. The Morgan fingerprint density at radius 1 is 1.02 bits per heavy atom. The van der Waals surface area contributed by atoms with Crippen LogP contribution in [0.25, 0.3) is 5.69 Å². The summed E-state index contributed by atoms with van der Waals surface area (Å²) in [6, 6.07) is 14.4. The minimum absolute atomic E-state index is 0.121. The van der Waals surface area contributed by atoms with Gasteiger partial charge < -0.3 is 20.2 Å². The zero-order valence-corrected chi connectivity index (χ0v) is 24.5. The van der Waals surface area contributed by atoms with E-state index in [1.165, 1.54) is 6.92 Å². The van der Waals surface area contributed by atoms with Crippen LogP contribution in [0, 0.1) is 6.92 Å². The zero-order chi connectivity index (χ0) is 29.5. The Labute approximate surface area is 242 Å². The average molecular weight is 560 g/mol. The predicted octanol–water partition coefficient (Wildman–Crippen LogP) is 4.74. The molecule has 41 heavy (non-hydrogen) atoms. The van der Waals surface area contributed by atoms with Gasteiger partial charge in [0.2, 0.25) is 5.91 Å². The number of rotatable bonds is 11. The molecule has 1 aliphatic rings. The molecule has 3 aromatic rings. The number of aromatic nitrogens is 2. The summed E-state index contributed by atoms with van der Waals surface area (Å²) in [5, 5.41) is 17.7. The van der Waals surface area contributed by atoms with Gasteiger partial charge in [0.15, 0.2) is 5.69 Å². The number of carbonyl (C=O) groups excluding carboxylic acids is 3. The number of aryl methyl sites for hydroxylation is 1. The molecule has 1 unspecified atom stereocenters. The van der Waals surface area contributed by atoms with Crippen molar-refractivity contribution in [3.63, 3.8) is 0 Å². The molecular formula is C32H41N5O4. The molecule has 0 aliphatic carbocycles. The van der Waals surface area contributed by atoms with Gasteiger partial charge in [0.05, 0.1) is 23.9 Å². The molecule has 2 heterocycles. The fraction of sp³-hybridized carbons (Fsp3) is 0.438. The highest BCUT2D eigenvalue weighted by Crippen LogP contribution is 2.29. The third kappa shape index (κ3) is 6.85. The summed E-state index contributed by atoms with van der Waals surface area (Å²) in [4.78, 5) is 43.1. The summed E-state index contributed by atoms with van der Waals surface area (Å²) in [5.74, 6) is -0.654. The van der Waals surface area contributed by atoms with Crippen LogP contribution in [0.4, 0.5) is 5.69 Å². The first-order valence-electron chi connectivity index (χ1n) is 14.5. The van der Waals surface area contributed by atoms with E-state index in [1.54, 1.807) is 33.8 Å². The summed E-state index contributed by atoms with van der Waals surface area (Å²) in [7, 11) is 0. The number of benzene rings is 2. The van der Waals surface area contributed by atoms with Crippen LogP contribution >= 0.6 is 0 Å². The molecule has 1 atom stereocenters. The molecule has 0 bridgehead atoms. The summed E-state index contributed by atoms with van der Waals surface area (Å²) >= 11 is 0. The van der Waals surface area contributed by atoms with Crippen molar-refractivity contribution in [3.8, 4) is 5.69 Å². The van der Waals surface area contributed by atoms with Crippen molar-refractivity contribution in [1.29, 1.82) is 0 Å². The fourth-order valence-electron chi connectivity index (χ4n) is 5.31. The molecule has 4 rings (SSSR count). The van der Waals surface area contributed by atoms with Gasteiger partial charge in [0.25, 0.3) is 11.8 Å². The monoisotopic (exact) mass is 559 g/mol. The van der Waals surface area contributed by atoms with Gasteiger partial charge in [-0.1, -0.05) is 51.0 Å². The largest absolute Gasteiger partial charge is 0.394 e. The number of hydrogen-bond donors (Lipinski definition) is 2. The van der Waals surface area contributed by atoms with Gasteiger partial charge in [0, 0.05) is 37.9 Å². The van der Waals surface area contributed by atoms with Crippen molar-refractivity contribution in [2.24, 2.45) is 0 Å². The number of carbonyl (C=O) groups is 3. The third-order valence-corrected chi connectivity index (χ3v) is 7.56. The average Bonchev–Trinajstić information content (AvgIpc) is 3.36. The van der Waals surface area contributed by atoms with Crippen molar-refractivity contribution in [1.82, 2.24) is 19.6 Å². The molecule has 0 saturated carbocycles. The minimum atomic E-state index is -0.392. The zero-order valence-electron chi connectivity index (χ0n) is 24.5. The second-order valence-electron chi connectivity index (χ2n) is 10.7. The first-order valence-corrected chi connectivity index (χ1v) is 14.5. The van der Waals surface area contributed by atoms with E-state index in [9.17, 15) is 19.5 Å². The number of unbranched alkanes of at least 4 members (excludes halogenated alkanes) is 2. The number of amides is 3. The van der Waals surface area contributed by atoms with E-state index in [1.807, 2.05) is 36.1 Å². The van der Waals surface area contributed by atoms with Crippen LogP contribution in [-0.2, 0) is 17.8 Å². The number of nitrogens with zero attached hydrogens (tertiary/aromatic N) is 4. The number of nitrogens with one attached hydrogen (secondary N) is 1. The van der Waals surface area contributed by atoms with Crippen molar-refractivity contribution >= 4 is 23.4 Å². The Bertz CT molecular complexity index is 1390. The maximum absolute atomic E-state index is 14.2. The molecule has 0 fully saturated rings. The fourth-order valence-corrected chi connectivity index (χ4v) is 5.31. The molecule has 0 radical (unpaired) electrons. The van der Waals surface area contributed by atoms with E-state index >= 15 is 0 Å². The van der Waals surface area contributed by atoms with Crippen LogP contribution < -0.4 is 5.32 Å². The van der Waals surface area contributed by atoms with Crippen molar-refractivity contribution in [2.45, 2.75) is 72.4 Å². The Balaban J connectivity index is 1.74. The van der Waals surface area contributed by atoms with Gasteiger partial charge >= 0.3 is 0 Å². The molecule has 1 aromatic heterocycles. The highest BCUT2D eigenvalue weighted by molar-refractivity contribution is 6.00. The van der Waals surface area contributed by atoms with Crippen molar-refractivity contribution in [2.75, 3.05) is 25.0 Å². The van der Waals surface area contributed by atoms with Gasteiger partial charge in [-0.25, -0.2) is 4.68 Å². The van der Waals surface area contributed by atoms with E-state index in [2.05, 4.69) is 24.3 Å². The molecule has 2 N–H and O–H groups in total. The standard InChI is InChI=1S/C32H41N5O4/c1-5-7-15-35(16-8-6-2)32(41)29-17-22(3)37(34-29)30-14-13-26(33-23(4)39)19-28(30)31(40)36-20-25-12-10-9-11-24(25)18-27(36)21-38/h9-14,17,19,27,38H,5-8,15-16,18,20-21H2,1-4H3,(H,33,39). The lowest BCUT2D eigenvalue weighted by molar-refractivity contribution is -0.114. The quantitative estimate of drug-likeness (QED) is 0.353. The first kappa shape index (κ1) is 30.0. The lowest BCUT2D eigenvalue weighted by Gasteiger charge is -2.36. The maximum atomic E-state index is 14.2. The van der Waals surface area contributed by atoms with E-state index < -0.39 is 6.04 Å². The molecule has 0 saturated heterocycles. The van der Waals surface area contributed by atoms with Crippen LogP contribution in [0.2, 0.25) is 0 Å². The summed E-state index contributed by atoms with van der Waals surface area (Å²) in [6.45, 7) is 9.01. The van der Waals surface area contributed by atoms with E-state index in [4.69, 9.17) is 0 Å². The van der Waals surface area contributed by atoms with E-state index in [-0.39, 0.29) is 24.3 Å². The molecule has 1 aliphatic heterocycles. The van der Waals surface area contributed by atoms with E-state index in [0.717, 1.165) is 36.8 Å². The van der Waals surface area contributed by atoms with Crippen LogP contribution in [0.5, 0.6) is 0 Å². The lowest BCUT2D eigenvalue weighted by Crippen LogP contribution is -2.46. The third-order valence-electron chi connectivity index (χ3n) is 7.56. The highest BCUT2D eigenvalue weighted by atomic mass is 16.3. The molecule has 3 amide bonds. The van der Waals surface area contributed by atoms with Crippen LogP contribution in [0.1, 0.15) is 84.1 Å². The molecule has 2 aromatic carbocycles. The first-order chi connectivity index (χ1) is 19.8. The SMILES string of the molecule is CCCCN(CCCC)C(=O)c1cc(C)n(-c2ccc(NC(C)=O)cc2C(=O)N2Cc3ccccc3CC2CO)n1. The van der Waals surface area contributed by atoms with Crippen LogP contribution in [0.3, 0.4) is 0 Å². The predicted molar refractivity (Wildman–Crippen MR) is 159 cm³/mol. The second kappa shape index (κ2) is 13.6. The van der Waals surface area contributed by atoms with Gasteiger partial charge in [-0.3, -0.25) is 14.4 Å². The Kier molecular flexibility index (Phi) is 9.94. The molecule has 218 valence electrons. The highest BCUT2D eigenvalue weighted by Gasteiger charge is 2.32. The van der Waals surface area contributed by atoms with E-state index in [0.29, 0.717) is 54.4 Å². The second-order valence-corrected chi connectivity index (χ2v) is 10.7. The number of fused-ring (bicyclic) bond motifs is 1. The van der Waals surface area contributed by atoms with Gasteiger partial charge in [0.1, 0.15) is 0 Å². The maximum Gasteiger partial charge on any atom is 0.274 e. The van der Waals surface area contributed by atoms with Crippen LogP contribution in [-0.4, -0.2) is 68.1 Å². The molecule has 9 heteroatoms. The smallest absolute Gasteiger partial charge is 0.274 e.